The van der Waals surface area contributed by atoms with Crippen LogP contribution in [-0.2, 0) is 17.9 Å². The maximum absolute atomic E-state index is 6.50. The number of likely N-dealkylation sites (tertiary alicyclic amines) is 1. The molecule has 2 heterocycles. The molecule has 0 radical (unpaired) electrons. The summed E-state index contributed by atoms with van der Waals surface area (Å²) in [5.74, 6) is 3.06. The minimum Gasteiger partial charge on any atom is -0.444 e. The van der Waals surface area contributed by atoms with E-state index in [0.29, 0.717) is 28.5 Å². The van der Waals surface area contributed by atoms with Crippen molar-refractivity contribution in [3.8, 4) is 0 Å². The molecule has 4 rings (SSSR count). The first-order valence-electron chi connectivity index (χ1n) is 14.3. The predicted octanol–water partition coefficient (Wildman–Crippen LogP) is 9.15. The van der Waals surface area contributed by atoms with Gasteiger partial charge in [-0.15, -0.1) is 0 Å². The second-order valence-corrected chi connectivity index (χ2v) is 11.5. The van der Waals surface area contributed by atoms with E-state index >= 15 is 0 Å². The van der Waals surface area contributed by atoms with Gasteiger partial charge in [0.25, 0.3) is 0 Å². The van der Waals surface area contributed by atoms with Crippen molar-refractivity contribution >= 4 is 23.2 Å². The van der Waals surface area contributed by atoms with E-state index in [9.17, 15) is 0 Å². The third-order valence-corrected chi connectivity index (χ3v) is 8.66. The molecule has 0 saturated carbocycles. The average molecular weight is 558 g/mol. The topological polar surface area (TPSA) is 38.5 Å². The first kappa shape index (κ1) is 29.1. The summed E-state index contributed by atoms with van der Waals surface area (Å²) in [6, 6.07) is 16.5. The van der Waals surface area contributed by atoms with Crippen LogP contribution in [0.15, 0.2) is 59.1 Å². The Morgan fingerprint density at radius 1 is 1.03 bits per heavy atom. The van der Waals surface area contributed by atoms with Gasteiger partial charge in [0.15, 0.2) is 0 Å². The maximum Gasteiger partial charge on any atom is 0.202 e. The van der Waals surface area contributed by atoms with Gasteiger partial charge in [0, 0.05) is 6.54 Å². The van der Waals surface area contributed by atoms with Crippen LogP contribution in [0.4, 0.5) is 0 Å². The second kappa shape index (κ2) is 14.5. The number of aromatic nitrogens is 1. The van der Waals surface area contributed by atoms with Crippen molar-refractivity contribution < 1.29 is 9.15 Å². The smallest absolute Gasteiger partial charge is 0.202 e. The van der Waals surface area contributed by atoms with E-state index < -0.39 is 0 Å². The number of benzene rings is 2. The highest BCUT2D eigenvalue weighted by atomic mass is 35.5. The van der Waals surface area contributed by atoms with Crippen LogP contribution < -0.4 is 0 Å². The lowest BCUT2D eigenvalue weighted by atomic mass is 9.80. The Hall–Kier alpha value is -1.85. The van der Waals surface area contributed by atoms with E-state index in [1.54, 1.807) is 0 Å². The van der Waals surface area contributed by atoms with E-state index in [2.05, 4.69) is 56.0 Å². The third-order valence-electron chi connectivity index (χ3n) is 7.92. The summed E-state index contributed by atoms with van der Waals surface area (Å²) in [4.78, 5) is 7.28. The zero-order chi connectivity index (χ0) is 26.9. The fourth-order valence-corrected chi connectivity index (χ4v) is 6.24. The van der Waals surface area contributed by atoms with Gasteiger partial charge >= 0.3 is 0 Å². The molecule has 1 saturated heterocycles. The van der Waals surface area contributed by atoms with Gasteiger partial charge in [-0.1, -0.05) is 99.6 Å². The molecule has 1 aromatic heterocycles. The number of halogens is 2. The number of hydrogen-bond acceptors (Lipinski definition) is 4. The fraction of sp³-hybridized carbons (Fsp3) is 0.531. The SMILES string of the molecule is CCCC(CCC)C(c1ccccc1)c1ncc(CN2CCC(CC)C(OCc3ccc(Cl)c(Cl)c3)C2)o1. The summed E-state index contributed by atoms with van der Waals surface area (Å²) in [6.07, 6.45) is 9.02. The van der Waals surface area contributed by atoms with E-state index in [1.165, 1.54) is 18.4 Å². The van der Waals surface area contributed by atoms with Crippen LogP contribution in [0, 0.1) is 11.8 Å². The summed E-state index contributed by atoms with van der Waals surface area (Å²) in [5, 5.41) is 1.14. The van der Waals surface area contributed by atoms with Crippen molar-refractivity contribution in [3.05, 3.63) is 87.6 Å². The van der Waals surface area contributed by atoms with Crippen LogP contribution in [-0.4, -0.2) is 29.1 Å². The van der Waals surface area contributed by atoms with Crippen LogP contribution in [0.5, 0.6) is 0 Å². The minimum atomic E-state index is 0.168. The van der Waals surface area contributed by atoms with Crippen molar-refractivity contribution in [1.29, 1.82) is 0 Å². The molecule has 0 spiro atoms. The lowest BCUT2D eigenvalue weighted by Gasteiger charge is -2.37. The van der Waals surface area contributed by atoms with Gasteiger partial charge in [-0.25, -0.2) is 4.98 Å². The zero-order valence-corrected chi connectivity index (χ0v) is 24.6. The molecular formula is C32H42Cl2N2O2. The van der Waals surface area contributed by atoms with Crippen LogP contribution >= 0.6 is 23.2 Å². The highest BCUT2D eigenvalue weighted by molar-refractivity contribution is 6.42. The summed E-state index contributed by atoms with van der Waals surface area (Å²) in [6.45, 7) is 10.0. The standard InChI is InChI=1S/C32H42Cl2N2O2/c1-4-10-25(11-5-2)31(26-12-8-7-9-13-26)32-35-19-27(38-32)20-36-17-16-24(6-3)30(21-36)37-22-23-14-15-28(33)29(34)18-23/h7-9,12-15,18-19,24-25,30-31H,4-6,10-11,16-17,20-22H2,1-3H3. The maximum atomic E-state index is 6.50. The Labute approximate surface area is 238 Å². The molecule has 1 aliphatic rings. The summed E-state index contributed by atoms with van der Waals surface area (Å²) in [7, 11) is 0. The third kappa shape index (κ3) is 7.63. The van der Waals surface area contributed by atoms with Gasteiger partial charge in [0.1, 0.15) is 5.76 Å². The molecule has 3 unspecified atom stereocenters. The first-order valence-corrected chi connectivity index (χ1v) is 15.0. The Bertz CT molecular complexity index is 1110. The highest BCUT2D eigenvalue weighted by Gasteiger charge is 2.31. The predicted molar refractivity (Wildman–Crippen MR) is 157 cm³/mol. The molecule has 6 heteroatoms. The number of oxazole rings is 1. The number of piperidine rings is 1. The van der Waals surface area contributed by atoms with Gasteiger partial charge in [-0.2, -0.15) is 0 Å². The molecule has 3 atom stereocenters. The Balaban J connectivity index is 1.44. The van der Waals surface area contributed by atoms with Gasteiger partial charge in [0.2, 0.25) is 5.89 Å². The van der Waals surface area contributed by atoms with Gasteiger partial charge in [-0.3, -0.25) is 4.90 Å². The second-order valence-electron chi connectivity index (χ2n) is 10.7. The number of hydrogen-bond donors (Lipinski definition) is 0. The van der Waals surface area contributed by atoms with Crippen molar-refractivity contribution in [2.75, 3.05) is 13.1 Å². The Kier molecular flexibility index (Phi) is 11.1. The molecule has 1 aliphatic heterocycles. The normalized spacial score (nSPS) is 19.2. The molecule has 0 amide bonds. The van der Waals surface area contributed by atoms with Gasteiger partial charge in [-0.05, 0) is 60.9 Å². The quantitative estimate of drug-likeness (QED) is 0.210. The van der Waals surface area contributed by atoms with E-state index in [-0.39, 0.29) is 12.0 Å². The molecule has 0 N–H and O–H groups in total. The van der Waals surface area contributed by atoms with Crippen LogP contribution in [0.1, 0.15) is 88.0 Å². The first-order chi connectivity index (χ1) is 18.5. The lowest BCUT2D eigenvalue weighted by Crippen LogP contribution is -2.44. The van der Waals surface area contributed by atoms with Crippen LogP contribution in [0.25, 0.3) is 0 Å². The van der Waals surface area contributed by atoms with Gasteiger partial charge in [0.05, 0.1) is 41.4 Å². The van der Waals surface area contributed by atoms with Crippen molar-refractivity contribution in [3.63, 3.8) is 0 Å². The molecule has 206 valence electrons. The summed E-state index contributed by atoms with van der Waals surface area (Å²) in [5.41, 5.74) is 2.35. The highest BCUT2D eigenvalue weighted by Crippen LogP contribution is 2.37. The van der Waals surface area contributed by atoms with Crippen molar-refractivity contribution in [2.24, 2.45) is 11.8 Å². The fourth-order valence-electron chi connectivity index (χ4n) is 5.92. The van der Waals surface area contributed by atoms with Crippen molar-refractivity contribution in [2.45, 2.75) is 84.5 Å². The number of nitrogens with zero attached hydrogens (tertiary/aromatic N) is 2. The minimum absolute atomic E-state index is 0.168. The summed E-state index contributed by atoms with van der Waals surface area (Å²) >= 11 is 12.3. The van der Waals surface area contributed by atoms with Crippen molar-refractivity contribution in [1.82, 2.24) is 9.88 Å². The largest absolute Gasteiger partial charge is 0.444 e. The molecule has 2 aromatic carbocycles. The lowest BCUT2D eigenvalue weighted by molar-refractivity contribution is -0.0504. The molecular weight excluding hydrogens is 515 g/mol. The van der Waals surface area contributed by atoms with E-state index in [1.807, 2.05) is 24.4 Å². The average Bonchev–Trinajstić information content (AvgIpc) is 3.38. The molecule has 38 heavy (non-hydrogen) atoms. The number of ether oxygens (including phenoxy) is 1. The Morgan fingerprint density at radius 3 is 2.47 bits per heavy atom. The molecule has 4 nitrogen and oxygen atoms in total. The summed E-state index contributed by atoms with van der Waals surface area (Å²) < 4.78 is 12.9. The van der Waals surface area contributed by atoms with E-state index in [0.717, 1.165) is 62.5 Å². The van der Waals surface area contributed by atoms with Gasteiger partial charge < -0.3 is 9.15 Å². The molecule has 0 bridgehead atoms. The zero-order valence-electron chi connectivity index (χ0n) is 23.0. The molecule has 1 fully saturated rings. The molecule has 0 aliphatic carbocycles. The Morgan fingerprint density at radius 2 is 1.79 bits per heavy atom. The van der Waals surface area contributed by atoms with Crippen LogP contribution in [0.3, 0.4) is 0 Å². The van der Waals surface area contributed by atoms with Crippen LogP contribution in [0.2, 0.25) is 10.0 Å². The number of rotatable bonds is 13. The molecule has 3 aromatic rings. The monoisotopic (exact) mass is 556 g/mol. The van der Waals surface area contributed by atoms with E-state index in [4.69, 9.17) is 37.3 Å².